The Kier molecular flexibility index (Phi) is 4.02. The van der Waals surface area contributed by atoms with E-state index in [2.05, 4.69) is 6.92 Å². The Morgan fingerprint density at radius 1 is 1.25 bits per heavy atom. The van der Waals surface area contributed by atoms with Crippen molar-refractivity contribution in [3.63, 3.8) is 0 Å². The highest BCUT2D eigenvalue weighted by atomic mass is 28.4. The van der Waals surface area contributed by atoms with Crippen molar-refractivity contribution in [2.75, 3.05) is 20.8 Å². The van der Waals surface area contributed by atoms with Crippen LogP contribution in [0.25, 0.3) is 0 Å². The maximum atomic E-state index is 5.93. The zero-order valence-corrected chi connectivity index (χ0v) is 11.4. The van der Waals surface area contributed by atoms with Gasteiger partial charge in [-0.05, 0) is 12.8 Å². The summed E-state index contributed by atoms with van der Waals surface area (Å²) in [5, 5.41) is 0. The summed E-state index contributed by atoms with van der Waals surface area (Å²) in [6.07, 6.45) is 4.67. The third kappa shape index (κ3) is 2.48. The molecule has 3 atom stereocenters. The van der Waals surface area contributed by atoms with E-state index < -0.39 is 8.80 Å². The zero-order valence-electron chi connectivity index (χ0n) is 10.4. The lowest BCUT2D eigenvalue weighted by atomic mass is 9.90. The lowest BCUT2D eigenvalue weighted by molar-refractivity contribution is 0.0744. The van der Waals surface area contributed by atoms with Crippen molar-refractivity contribution in [3.05, 3.63) is 0 Å². The molecule has 1 heterocycles. The molecular weight excluding hydrogens is 224 g/mol. The normalized spacial score (nSPS) is 33.6. The molecule has 1 saturated heterocycles. The van der Waals surface area contributed by atoms with Gasteiger partial charge in [-0.1, -0.05) is 13.3 Å². The minimum Gasteiger partial charge on any atom is -0.377 e. The van der Waals surface area contributed by atoms with Crippen LogP contribution in [0.2, 0.25) is 6.04 Å². The SMILES string of the molecule is CC[Si](OC)(OC)OCC1CCCC2OC12. The molecule has 94 valence electrons. The number of rotatable bonds is 6. The highest BCUT2D eigenvalue weighted by Gasteiger charge is 2.48. The van der Waals surface area contributed by atoms with Gasteiger partial charge in [0.15, 0.2) is 0 Å². The van der Waals surface area contributed by atoms with E-state index in [1.807, 2.05) is 0 Å². The molecule has 0 aromatic carbocycles. The molecule has 0 radical (unpaired) electrons. The summed E-state index contributed by atoms with van der Waals surface area (Å²) in [4.78, 5) is 0. The summed E-state index contributed by atoms with van der Waals surface area (Å²) in [6.45, 7) is 2.78. The minimum absolute atomic E-state index is 0.450. The Labute approximate surface area is 98.6 Å². The second kappa shape index (κ2) is 5.14. The van der Waals surface area contributed by atoms with Gasteiger partial charge in [-0.15, -0.1) is 0 Å². The molecular formula is C11H22O4Si. The number of ether oxygens (including phenoxy) is 1. The van der Waals surface area contributed by atoms with Crippen molar-refractivity contribution in [2.45, 2.75) is 44.4 Å². The third-order valence-corrected chi connectivity index (χ3v) is 6.44. The van der Waals surface area contributed by atoms with Crippen molar-refractivity contribution in [3.8, 4) is 0 Å². The first-order valence-corrected chi connectivity index (χ1v) is 8.07. The van der Waals surface area contributed by atoms with Gasteiger partial charge in [-0.3, -0.25) is 0 Å². The topological polar surface area (TPSA) is 40.2 Å². The zero-order chi connectivity index (χ0) is 11.6. The molecule has 2 fully saturated rings. The first-order chi connectivity index (χ1) is 7.74. The second-order valence-corrected chi connectivity index (χ2v) is 7.76. The number of hydrogen-bond acceptors (Lipinski definition) is 4. The van der Waals surface area contributed by atoms with Crippen LogP contribution in [0.15, 0.2) is 0 Å². The van der Waals surface area contributed by atoms with Crippen LogP contribution < -0.4 is 0 Å². The summed E-state index contributed by atoms with van der Waals surface area (Å²) in [5.74, 6) is 0.544. The number of hydrogen-bond donors (Lipinski definition) is 0. The fraction of sp³-hybridized carbons (Fsp3) is 1.00. The van der Waals surface area contributed by atoms with Crippen LogP contribution >= 0.6 is 0 Å². The molecule has 0 amide bonds. The Morgan fingerprint density at radius 3 is 2.62 bits per heavy atom. The smallest absolute Gasteiger partial charge is 0.377 e. The standard InChI is InChI=1S/C11H22O4Si/c1-4-16(12-2,13-3)14-8-9-6-5-7-10-11(9)15-10/h9-11H,4-8H2,1-3H3. The van der Waals surface area contributed by atoms with Crippen LogP contribution in [0, 0.1) is 5.92 Å². The molecule has 2 rings (SSSR count). The molecule has 5 heteroatoms. The summed E-state index contributed by atoms with van der Waals surface area (Å²) < 4.78 is 22.4. The molecule has 0 bridgehead atoms. The molecule has 0 N–H and O–H groups in total. The molecule has 16 heavy (non-hydrogen) atoms. The number of fused-ring (bicyclic) bond motifs is 1. The van der Waals surface area contributed by atoms with E-state index in [4.69, 9.17) is 18.0 Å². The van der Waals surface area contributed by atoms with E-state index in [0.717, 1.165) is 12.7 Å². The van der Waals surface area contributed by atoms with E-state index in [9.17, 15) is 0 Å². The average Bonchev–Trinajstić information content (AvgIpc) is 3.11. The largest absolute Gasteiger partial charge is 0.500 e. The van der Waals surface area contributed by atoms with Crippen LogP contribution in [0.5, 0.6) is 0 Å². The molecule has 0 spiro atoms. The van der Waals surface area contributed by atoms with E-state index in [1.54, 1.807) is 14.2 Å². The van der Waals surface area contributed by atoms with Crippen LogP contribution in [0.3, 0.4) is 0 Å². The minimum atomic E-state index is -2.37. The third-order valence-electron chi connectivity index (χ3n) is 3.72. The fourth-order valence-electron chi connectivity index (χ4n) is 2.55. The highest BCUT2D eigenvalue weighted by molar-refractivity contribution is 6.60. The summed E-state index contributed by atoms with van der Waals surface area (Å²) in [7, 11) is 0.986. The Hall–Kier alpha value is 0.0569. The molecule has 2 aliphatic rings. The monoisotopic (exact) mass is 246 g/mol. The van der Waals surface area contributed by atoms with E-state index in [-0.39, 0.29) is 0 Å². The summed E-state index contributed by atoms with van der Waals surface area (Å²) >= 11 is 0. The van der Waals surface area contributed by atoms with Gasteiger partial charge in [0.05, 0.1) is 12.2 Å². The quantitative estimate of drug-likeness (QED) is 0.529. The number of epoxide rings is 1. The Morgan fingerprint density at radius 2 is 2.00 bits per heavy atom. The van der Waals surface area contributed by atoms with Gasteiger partial charge < -0.3 is 18.0 Å². The first-order valence-electron chi connectivity index (χ1n) is 6.14. The van der Waals surface area contributed by atoms with Crippen molar-refractivity contribution < 1.29 is 18.0 Å². The second-order valence-electron chi connectivity index (χ2n) is 4.59. The van der Waals surface area contributed by atoms with Gasteiger partial charge in [0.1, 0.15) is 0 Å². The summed E-state index contributed by atoms with van der Waals surface area (Å²) in [6, 6.07) is 0.821. The molecule has 4 nitrogen and oxygen atoms in total. The van der Waals surface area contributed by atoms with Gasteiger partial charge in [0.25, 0.3) is 0 Å². The van der Waals surface area contributed by atoms with E-state index >= 15 is 0 Å². The van der Waals surface area contributed by atoms with E-state index in [0.29, 0.717) is 18.1 Å². The van der Waals surface area contributed by atoms with Crippen LogP contribution in [0.4, 0.5) is 0 Å². The first kappa shape index (κ1) is 12.5. The Balaban J connectivity index is 1.81. The van der Waals surface area contributed by atoms with Crippen LogP contribution in [0.1, 0.15) is 26.2 Å². The lowest BCUT2D eigenvalue weighted by Crippen LogP contribution is -2.44. The highest BCUT2D eigenvalue weighted by Crippen LogP contribution is 2.41. The van der Waals surface area contributed by atoms with Gasteiger partial charge in [-0.2, -0.15) is 0 Å². The molecule has 3 unspecified atom stereocenters. The van der Waals surface area contributed by atoms with Crippen LogP contribution in [-0.4, -0.2) is 41.8 Å². The molecule has 0 aromatic heterocycles. The van der Waals surface area contributed by atoms with E-state index in [1.165, 1.54) is 19.3 Å². The predicted octanol–water partition coefficient (Wildman–Crippen LogP) is 1.82. The molecule has 1 aliphatic heterocycles. The molecule has 1 saturated carbocycles. The van der Waals surface area contributed by atoms with Crippen molar-refractivity contribution in [1.29, 1.82) is 0 Å². The molecule has 1 aliphatic carbocycles. The van der Waals surface area contributed by atoms with Crippen molar-refractivity contribution in [2.24, 2.45) is 5.92 Å². The van der Waals surface area contributed by atoms with Crippen molar-refractivity contribution >= 4 is 8.80 Å². The van der Waals surface area contributed by atoms with Gasteiger partial charge in [-0.25, -0.2) is 0 Å². The Bertz CT molecular complexity index is 224. The maximum Gasteiger partial charge on any atom is 0.500 e. The lowest BCUT2D eigenvalue weighted by Gasteiger charge is -2.28. The van der Waals surface area contributed by atoms with Gasteiger partial charge in [0.2, 0.25) is 0 Å². The summed E-state index contributed by atoms with van der Waals surface area (Å²) in [5.41, 5.74) is 0. The average molecular weight is 246 g/mol. The molecule has 0 aromatic rings. The van der Waals surface area contributed by atoms with Crippen molar-refractivity contribution in [1.82, 2.24) is 0 Å². The van der Waals surface area contributed by atoms with Crippen LogP contribution in [-0.2, 0) is 18.0 Å². The fourth-order valence-corrected chi connectivity index (χ4v) is 4.20. The van der Waals surface area contributed by atoms with Gasteiger partial charge in [0, 0.05) is 32.8 Å². The maximum absolute atomic E-state index is 5.93. The predicted molar refractivity (Wildman–Crippen MR) is 62.2 cm³/mol. The van der Waals surface area contributed by atoms with Gasteiger partial charge >= 0.3 is 8.80 Å².